The minimum absolute atomic E-state index is 0.0720. The molecule has 2 rings (SSSR count). The molecule has 1 aromatic rings. The number of benzene rings is 1. The summed E-state index contributed by atoms with van der Waals surface area (Å²) in [5.74, 6) is -0.389. The van der Waals surface area contributed by atoms with Crippen LogP contribution in [0.3, 0.4) is 0 Å². The molecule has 1 N–H and O–H groups in total. The second-order valence-electron chi connectivity index (χ2n) is 4.31. The molecule has 102 valence electrons. The minimum atomic E-state index is -3.14. The van der Waals surface area contributed by atoms with E-state index in [0.29, 0.717) is 6.61 Å². The first-order valence-electron chi connectivity index (χ1n) is 5.87. The van der Waals surface area contributed by atoms with Crippen LogP contribution in [0.1, 0.15) is 5.56 Å². The van der Waals surface area contributed by atoms with E-state index in [-0.39, 0.29) is 18.3 Å². The summed E-state index contributed by atoms with van der Waals surface area (Å²) in [4.78, 5) is 11.5. The summed E-state index contributed by atoms with van der Waals surface area (Å²) in [6, 6.07) is 9.06. The number of hydrogen-bond donors (Lipinski definition) is 1. The molecule has 0 radical (unpaired) electrons. The summed E-state index contributed by atoms with van der Waals surface area (Å²) in [5, 5.41) is 3.72. The van der Waals surface area contributed by atoms with E-state index >= 15 is 0 Å². The van der Waals surface area contributed by atoms with E-state index in [0.717, 1.165) is 11.0 Å². The molecule has 0 saturated carbocycles. The number of amides is 1. The number of ether oxygens (including phenoxy) is 1. The number of sulfone groups is 1. The van der Waals surface area contributed by atoms with Crippen LogP contribution in [0.4, 0.5) is 0 Å². The molecule has 6 heteroatoms. The predicted octanol–water partition coefficient (Wildman–Crippen LogP) is 0.630. The van der Waals surface area contributed by atoms with E-state index in [2.05, 4.69) is 5.32 Å². The van der Waals surface area contributed by atoms with Crippen LogP contribution in [0, 0.1) is 0 Å². The fraction of sp³-hybridized carbons (Fsp3) is 0.308. The summed E-state index contributed by atoms with van der Waals surface area (Å²) >= 11 is 0. The van der Waals surface area contributed by atoms with Crippen molar-refractivity contribution in [2.45, 2.75) is 12.6 Å². The molecule has 0 aromatic heterocycles. The molecule has 1 amide bonds. The quantitative estimate of drug-likeness (QED) is 0.859. The van der Waals surface area contributed by atoms with Crippen LogP contribution in [0.2, 0.25) is 0 Å². The van der Waals surface area contributed by atoms with Gasteiger partial charge < -0.3 is 10.1 Å². The molecule has 0 bridgehead atoms. The molecule has 0 aliphatic carbocycles. The Labute approximate surface area is 112 Å². The van der Waals surface area contributed by atoms with Gasteiger partial charge in [0.1, 0.15) is 6.61 Å². The maximum Gasteiger partial charge on any atom is 0.246 e. The van der Waals surface area contributed by atoms with Gasteiger partial charge in [-0.05, 0) is 11.6 Å². The lowest BCUT2D eigenvalue weighted by molar-refractivity contribution is -0.126. The van der Waals surface area contributed by atoms with Gasteiger partial charge in [-0.25, -0.2) is 8.42 Å². The van der Waals surface area contributed by atoms with Crippen LogP contribution in [-0.2, 0) is 26.0 Å². The fourth-order valence-corrected chi connectivity index (χ4v) is 2.99. The topological polar surface area (TPSA) is 72.5 Å². The van der Waals surface area contributed by atoms with Crippen LogP contribution in [0.25, 0.3) is 0 Å². The van der Waals surface area contributed by atoms with Crippen LogP contribution in [-0.4, -0.2) is 32.7 Å². The number of hydrogen-bond acceptors (Lipinski definition) is 4. The molecule has 1 heterocycles. The third kappa shape index (κ3) is 4.50. The minimum Gasteiger partial charge on any atom is -0.367 e. The lowest BCUT2D eigenvalue weighted by Gasteiger charge is -2.10. The Morgan fingerprint density at radius 1 is 1.32 bits per heavy atom. The Balaban J connectivity index is 1.70. The second kappa shape index (κ2) is 5.99. The zero-order valence-electron chi connectivity index (χ0n) is 10.3. The van der Waals surface area contributed by atoms with E-state index in [4.69, 9.17) is 4.74 Å². The molecular weight excluding hydrogens is 266 g/mol. The van der Waals surface area contributed by atoms with Gasteiger partial charge in [0, 0.05) is 5.41 Å². The van der Waals surface area contributed by atoms with Crippen molar-refractivity contribution in [3.8, 4) is 0 Å². The standard InChI is InChI=1S/C13H15NO4S/c15-13(14-12-6-7-19(16,17)10-12)9-18-8-11-4-2-1-3-5-11/h1-7,12H,8-10H2,(H,14,15). The first-order valence-corrected chi connectivity index (χ1v) is 7.59. The molecule has 1 atom stereocenters. The van der Waals surface area contributed by atoms with Gasteiger partial charge in [-0.1, -0.05) is 30.3 Å². The van der Waals surface area contributed by atoms with Gasteiger partial charge in [0.15, 0.2) is 9.84 Å². The average molecular weight is 281 g/mol. The van der Waals surface area contributed by atoms with Gasteiger partial charge in [-0.2, -0.15) is 0 Å². The molecule has 19 heavy (non-hydrogen) atoms. The third-order valence-electron chi connectivity index (χ3n) is 2.62. The van der Waals surface area contributed by atoms with Crippen molar-refractivity contribution < 1.29 is 17.9 Å². The molecule has 0 saturated heterocycles. The SMILES string of the molecule is O=C(COCc1ccccc1)NC1C=CS(=O)(=O)C1. The second-order valence-corrected chi connectivity index (χ2v) is 6.24. The van der Waals surface area contributed by atoms with Crippen molar-refractivity contribution in [2.24, 2.45) is 0 Å². The summed E-state index contributed by atoms with van der Waals surface area (Å²) in [6.07, 6.45) is 1.48. The highest BCUT2D eigenvalue weighted by molar-refractivity contribution is 7.94. The van der Waals surface area contributed by atoms with Crippen molar-refractivity contribution in [1.82, 2.24) is 5.32 Å². The lowest BCUT2D eigenvalue weighted by atomic mass is 10.2. The summed E-state index contributed by atoms with van der Waals surface area (Å²) in [5.41, 5.74) is 0.985. The molecule has 0 fully saturated rings. The Morgan fingerprint density at radius 3 is 2.68 bits per heavy atom. The molecular formula is C13H15NO4S. The lowest BCUT2D eigenvalue weighted by Crippen LogP contribution is -2.37. The highest BCUT2D eigenvalue weighted by Crippen LogP contribution is 2.07. The first kappa shape index (κ1) is 13.8. The molecule has 1 aromatic carbocycles. The van der Waals surface area contributed by atoms with Crippen molar-refractivity contribution in [1.29, 1.82) is 0 Å². The van der Waals surface area contributed by atoms with E-state index in [9.17, 15) is 13.2 Å². The van der Waals surface area contributed by atoms with Crippen molar-refractivity contribution in [3.63, 3.8) is 0 Å². The van der Waals surface area contributed by atoms with Crippen LogP contribution >= 0.6 is 0 Å². The largest absolute Gasteiger partial charge is 0.367 e. The molecule has 1 aliphatic heterocycles. The van der Waals surface area contributed by atoms with Crippen LogP contribution < -0.4 is 5.32 Å². The van der Waals surface area contributed by atoms with Crippen molar-refractivity contribution in [2.75, 3.05) is 12.4 Å². The summed E-state index contributed by atoms with van der Waals surface area (Å²) in [7, 11) is -3.14. The van der Waals surface area contributed by atoms with Gasteiger partial charge in [0.05, 0.1) is 18.4 Å². The molecule has 1 unspecified atom stereocenters. The Bertz CT molecular complexity index is 566. The molecule has 5 nitrogen and oxygen atoms in total. The Kier molecular flexibility index (Phi) is 4.34. The highest BCUT2D eigenvalue weighted by atomic mass is 32.2. The van der Waals surface area contributed by atoms with E-state index in [1.807, 2.05) is 30.3 Å². The predicted molar refractivity (Wildman–Crippen MR) is 71.0 cm³/mol. The normalized spacial score (nSPS) is 20.3. The zero-order valence-corrected chi connectivity index (χ0v) is 11.1. The fourth-order valence-electron chi connectivity index (χ4n) is 1.75. The van der Waals surface area contributed by atoms with E-state index in [1.54, 1.807) is 0 Å². The first-order chi connectivity index (χ1) is 9.05. The van der Waals surface area contributed by atoms with Gasteiger partial charge in [-0.15, -0.1) is 0 Å². The van der Waals surface area contributed by atoms with Crippen LogP contribution in [0.5, 0.6) is 0 Å². The number of carbonyl (C=O) groups is 1. The van der Waals surface area contributed by atoms with E-state index < -0.39 is 15.9 Å². The Hall–Kier alpha value is -1.66. The van der Waals surface area contributed by atoms with Crippen molar-refractivity contribution >= 4 is 15.7 Å². The average Bonchev–Trinajstić information content (AvgIpc) is 2.70. The van der Waals surface area contributed by atoms with Gasteiger partial charge in [0.2, 0.25) is 5.91 Å². The summed E-state index contributed by atoms with van der Waals surface area (Å²) < 4.78 is 27.6. The number of nitrogens with one attached hydrogen (secondary N) is 1. The zero-order chi connectivity index (χ0) is 13.7. The van der Waals surface area contributed by atoms with E-state index in [1.165, 1.54) is 6.08 Å². The van der Waals surface area contributed by atoms with Gasteiger partial charge >= 0.3 is 0 Å². The molecule has 1 aliphatic rings. The maximum atomic E-state index is 11.5. The third-order valence-corrected chi connectivity index (χ3v) is 4.02. The molecule has 0 spiro atoms. The summed E-state index contributed by atoms with van der Waals surface area (Å²) in [6.45, 7) is 0.270. The number of rotatable bonds is 5. The Morgan fingerprint density at radius 2 is 2.05 bits per heavy atom. The van der Waals surface area contributed by atoms with Crippen LogP contribution in [0.15, 0.2) is 41.8 Å². The van der Waals surface area contributed by atoms with Gasteiger partial charge in [0.25, 0.3) is 0 Å². The van der Waals surface area contributed by atoms with Gasteiger partial charge in [-0.3, -0.25) is 4.79 Å². The van der Waals surface area contributed by atoms with Crippen molar-refractivity contribution in [3.05, 3.63) is 47.4 Å². The monoisotopic (exact) mass is 281 g/mol. The number of carbonyl (C=O) groups excluding carboxylic acids is 1. The highest BCUT2D eigenvalue weighted by Gasteiger charge is 2.22. The maximum absolute atomic E-state index is 11.5. The smallest absolute Gasteiger partial charge is 0.246 e.